The van der Waals surface area contributed by atoms with Crippen LogP contribution in [-0.2, 0) is 90.1 Å². The molecule has 53 N–H and O–H groups in total. The lowest BCUT2D eigenvalue weighted by Crippen LogP contribution is -2.67. The van der Waals surface area contributed by atoms with Crippen molar-refractivity contribution in [3.8, 4) is 0 Å². The van der Waals surface area contributed by atoms with Crippen LogP contribution in [0, 0.1) is 0 Å². The molecule has 12 saturated heterocycles. The van der Waals surface area contributed by atoms with Crippen LogP contribution in [0.4, 0.5) is 0 Å². The van der Waals surface area contributed by atoms with Gasteiger partial charge >= 0.3 is 0 Å². The highest BCUT2D eigenvalue weighted by atomic mass is 16.8. The van der Waals surface area contributed by atoms with E-state index in [1.165, 1.54) is 0 Å². The van der Waals surface area contributed by atoms with Crippen LogP contribution < -0.4 is 0 Å². The van der Waals surface area contributed by atoms with E-state index in [1.54, 1.807) is 0 Å². The number of carbonyl (C=O) groups is 1. The monoisotopic (exact) mass is 2230 g/mol. The molecule has 150 heavy (non-hydrogen) atoms. The van der Waals surface area contributed by atoms with E-state index in [-0.39, 0.29) is 6.29 Å². The molecule has 61 unspecified atom stereocenters. The van der Waals surface area contributed by atoms with Crippen molar-refractivity contribution in [2.45, 2.75) is 373 Å². The average Bonchev–Trinajstić information content (AvgIpc) is 1.65. The van der Waals surface area contributed by atoms with Gasteiger partial charge in [-0.1, -0.05) is 0 Å². The zero-order valence-electron chi connectivity index (χ0n) is 78.3. The minimum absolute atomic E-state index is 0.0258. The molecule has 0 aromatic rings. The van der Waals surface area contributed by atoms with Crippen molar-refractivity contribution in [1.82, 2.24) is 0 Å². The van der Waals surface area contributed by atoms with Crippen LogP contribution >= 0.6 is 0 Å². The normalized spacial score (nSPS) is 49.0. The number of carbonyl (C=O) groups excluding carboxylic acids is 1. The van der Waals surface area contributed by atoms with E-state index in [0.717, 1.165) is 0 Å². The Bertz CT molecular complexity index is 3610. The molecule has 12 aliphatic rings. The third-order valence-corrected chi connectivity index (χ3v) is 25.4. The van der Waals surface area contributed by atoms with Crippen LogP contribution in [-0.4, -0.2) is 756 Å². The van der Waals surface area contributed by atoms with Crippen molar-refractivity contribution in [1.29, 1.82) is 0 Å². The molecule has 12 rings (SSSR count). The molecule has 0 radical (unpaired) electrons. The first-order valence-corrected chi connectivity index (χ1v) is 45.7. The Kier molecular flexibility index (Phi) is 55.1. The highest BCUT2D eigenvalue weighted by Crippen LogP contribution is 2.40. The number of aldehydes is 1. The standard InChI is InChI=1S/6C12H22O11.C6H12O6/c13-1-5-7(17)8(18)9(19)11(22-5)23-10-6(16)4(15)2-21-12(10,20)3-14;13-1-4-6(15)8(17)9(18)11(22-4)21-2-5-7(16)10(19)12(20,3-14)23-5;13-1-4-6(16)8(18)9(19)11(21-4)23-12(3-15)10(20)7(17)5(2-14)22-12;2*13-1-3-5(15)6(16)9(19)12(22-3)23-10-4(2-14)21-11(20)8(18)7(10)17;13-1-3-5(15)7(17)9(19)11(21-3)23-12-10(20)8(18)6(16)4(2-14)22-12;7-1-3(9)5(11)6(12)4(10)2-8/h3*4-11,13-20H,1-3H2;3*3-20H,1-2H2;1,3-6,8-12H,2H2. The molecule has 0 spiro atoms. The second kappa shape index (κ2) is 61.1. The van der Waals surface area contributed by atoms with Gasteiger partial charge in [-0.3, -0.25) is 0 Å². The first-order chi connectivity index (χ1) is 70.3. The molecule has 72 heteroatoms. The summed E-state index contributed by atoms with van der Waals surface area (Å²) in [7, 11) is 0. The molecule has 0 aliphatic carbocycles. The van der Waals surface area contributed by atoms with E-state index < -0.39 is 479 Å². The summed E-state index contributed by atoms with van der Waals surface area (Å²) in [5, 5.41) is 503. The maximum absolute atomic E-state index is 10.1. The third kappa shape index (κ3) is 32.0. The molecule has 0 amide bonds. The Hall–Kier alpha value is -3.17. The maximum Gasteiger partial charge on any atom is 0.224 e. The second-order valence-electron chi connectivity index (χ2n) is 35.8. The van der Waals surface area contributed by atoms with Crippen molar-refractivity contribution in [2.24, 2.45) is 0 Å². The molecule has 0 bridgehead atoms. The van der Waals surface area contributed by atoms with Gasteiger partial charge in [0.2, 0.25) is 17.4 Å². The Morgan fingerprint density at radius 1 is 0.267 bits per heavy atom. The summed E-state index contributed by atoms with van der Waals surface area (Å²) in [5.74, 6) is -6.94. The number of rotatable bonds is 31. The van der Waals surface area contributed by atoms with E-state index >= 15 is 0 Å². The van der Waals surface area contributed by atoms with Gasteiger partial charge in [-0.05, 0) is 0 Å². The molecule has 0 aromatic heterocycles. The highest BCUT2D eigenvalue weighted by Gasteiger charge is 2.62. The van der Waals surface area contributed by atoms with E-state index in [4.69, 9.17) is 157 Å². The fraction of sp³-hybridized carbons (Fsp3) is 0.987. The molecule has 12 fully saturated rings. The summed E-state index contributed by atoms with van der Waals surface area (Å²) in [5.41, 5.74) is 0. The van der Waals surface area contributed by atoms with Gasteiger partial charge in [0, 0.05) is 0 Å². The molecule has 61 atom stereocenters. The van der Waals surface area contributed by atoms with Crippen LogP contribution in [0.1, 0.15) is 0 Å². The average molecular weight is 2230 g/mol. The van der Waals surface area contributed by atoms with Crippen molar-refractivity contribution in [3.63, 3.8) is 0 Å². The fourth-order valence-electron chi connectivity index (χ4n) is 15.9. The number of ether oxygens (including phenoxy) is 18. The Morgan fingerprint density at radius 3 is 0.853 bits per heavy atom. The summed E-state index contributed by atoms with van der Waals surface area (Å²) in [4.78, 5) is 9.90. The SMILES string of the molecule is O=CC(O)C(O)C(O)C(O)CO.OCC1OC(OC2(CO)OC(CO)C(O)C2O)C(O)C(O)C1O.OCC1OC(OC2C(CO)OC(O)C(O)C2O)C(O)C(O)C1O.OCC1OC(OC2C(CO)OC(O)C(O)C2O)C(O)C(O)C1O.OCC1OC(OC2C(O)C(O)COC2(O)CO)C(O)C(O)C1O.OCC1OC(OC2OC(CO)C(O)C(O)C2O)C(O)C(O)C1O.OCC1OC(OCC2OC(O)(CO)C(O)C2O)C(O)C(O)C1O. The van der Waals surface area contributed by atoms with Gasteiger partial charge in [0.25, 0.3) is 0 Å². The van der Waals surface area contributed by atoms with Gasteiger partial charge in [0.15, 0.2) is 62.9 Å². The molecular formula is C78H144O72. The quantitative estimate of drug-likeness (QED) is 0.0287. The van der Waals surface area contributed by atoms with Gasteiger partial charge in [-0.25, -0.2) is 0 Å². The summed E-state index contributed by atoms with van der Waals surface area (Å²) >= 11 is 0. The predicted octanol–water partition coefficient (Wildman–Crippen LogP) is -35.8. The van der Waals surface area contributed by atoms with E-state index in [2.05, 4.69) is 0 Å². The predicted molar refractivity (Wildman–Crippen MR) is 449 cm³/mol. The van der Waals surface area contributed by atoms with Crippen molar-refractivity contribution in [2.75, 3.05) is 106 Å². The van der Waals surface area contributed by atoms with Crippen molar-refractivity contribution in [3.05, 3.63) is 0 Å². The fourth-order valence-corrected chi connectivity index (χ4v) is 15.9. The largest absolute Gasteiger partial charge is 0.394 e. The Balaban J connectivity index is 0.000000269. The zero-order valence-corrected chi connectivity index (χ0v) is 78.3. The number of aliphatic hydroxyl groups is 53. The maximum atomic E-state index is 10.1. The topological polar surface area (TPSA) is 1260 Å². The number of aliphatic hydroxyl groups excluding tert-OH is 51. The van der Waals surface area contributed by atoms with Crippen molar-refractivity contribution >= 4 is 6.29 Å². The third-order valence-electron chi connectivity index (χ3n) is 25.4. The minimum atomic E-state index is -2.38. The molecule has 0 aromatic carbocycles. The summed E-state index contributed by atoms with van der Waals surface area (Å²) in [6, 6.07) is 0. The molecule has 72 nitrogen and oxygen atoms in total. The summed E-state index contributed by atoms with van der Waals surface area (Å²) in [6.07, 6.45) is -91.1. The molecule has 888 valence electrons. The van der Waals surface area contributed by atoms with Gasteiger partial charge in [0.05, 0.1) is 99.1 Å². The lowest BCUT2D eigenvalue weighted by atomic mass is 9.96. The first-order valence-electron chi connectivity index (χ1n) is 45.7. The Morgan fingerprint density at radius 2 is 0.560 bits per heavy atom. The number of hydrogen-bond donors (Lipinski definition) is 53. The smallest absolute Gasteiger partial charge is 0.224 e. The Labute approximate surface area is 843 Å². The van der Waals surface area contributed by atoms with Gasteiger partial charge in [-0.2, -0.15) is 0 Å². The van der Waals surface area contributed by atoms with Crippen LogP contribution in [0.5, 0.6) is 0 Å². The van der Waals surface area contributed by atoms with Crippen LogP contribution in [0.2, 0.25) is 0 Å². The molecule has 0 saturated carbocycles. The zero-order chi connectivity index (χ0) is 114. The lowest BCUT2D eigenvalue weighted by molar-refractivity contribution is -0.387. The van der Waals surface area contributed by atoms with E-state index in [9.17, 15) is 204 Å². The highest BCUT2D eigenvalue weighted by molar-refractivity contribution is 5.56. The van der Waals surface area contributed by atoms with E-state index in [1.807, 2.05) is 0 Å². The molecular weight excluding hydrogens is 2090 g/mol. The van der Waals surface area contributed by atoms with Gasteiger partial charge < -0.3 is 361 Å². The van der Waals surface area contributed by atoms with E-state index in [0.29, 0.717) is 0 Å². The minimum Gasteiger partial charge on any atom is -0.394 e. The summed E-state index contributed by atoms with van der Waals surface area (Å²) < 4.78 is 91.6. The van der Waals surface area contributed by atoms with Gasteiger partial charge in [0.1, 0.15) is 306 Å². The molecule has 12 heterocycles. The van der Waals surface area contributed by atoms with Crippen LogP contribution in [0.3, 0.4) is 0 Å². The van der Waals surface area contributed by atoms with Gasteiger partial charge in [-0.15, -0.1) is 0 Å². The van der Waals surface area contributed by atoms with Crippen LogP contribution in [0.15, 0.2) is 0 Å². The summed E-state index contributed by atoms with van der Waals surface area (Å²) in [6.45, 7) is -11.3. The van der Waals surface area contributed by atoms with Crippen molar-refractivity contribution < 1.29 is 361 Å². The first kappa shape index (κ1) is 135. The van der Waals surface area contributed by atoms with Crippen LogP contribution in [0.25, 0.3) is 0 Å². The number of hydrogen-bond acceptors (Lipinski definition) is 72. The lowest BCUT2D eigenvalue weighted by Gasteiger charge is -2.47. The second-order valence-corrected chi connectivity index (χ2v) is 35.8. The molecule has 12 aliphatic heterocycles.